The fourth-order valence-electron chi connectivity index (χ4n) is 4.93. The zero-order chi connectivity index (χ0) is 35.3. The minimum absolute atomic E-state index is 0.0278. The molecule has 47 heavy (non-hydrogen) atoms. The fourth-order valence-corrected chi connectivity index (χ4v) is 4.93. The maximum Gasteiger partial charge on any atom is 0.303 e. The summed E-state index contributed by atoms with van der Waals surface area (Å²) < 4.78 is 4.63. The second kappa shape index (κ2) is 48.7. The second-order valence-corrected chi connectivity index (χ2v) is 12.5. The molecule has 4 N–H and O–H groups in total. The molecule has 7 heteroatoms. The molecule has 0 saturated heterocycles. The molecule has 7 nitrogen and oxygen atoms in total. The van der Waals surface area contributed by atoms with Gasteiger partial charge in [0.25, 0.3) is 0 Å². The minimum atomic E-state index is -0.664. The monoisotopic (exact) mass is 671 g/mol. The van der Waals surface area contributed by atoms with E-state index in [9.17, 15) is 9.59 Å². The molecule has 0 radical (unpaired) electrons. The van der Waals surface area contributed by atoms with Crippen molar-refractivity contribution in [3.63, 3.8) is 0 Å². The van der Waals surface area contributed by atoms with Gasteiger partial charge in [-0.2, -0.15) is 0 Å². The highest BCUT2D eigenvalue weighted by molar-refractivity contribution is 5.66. The van der Waals surface area contributed by atoms with Crippen LogP contribution in [0.3, 0.4) is 0 Å². The molecule has 0 unspecified atom stereocenters. The molecule has 0 spiro atoms. The summed E-state index contributed by atoms with van der Waals surface area (Å²) in [6.07, 6.45) is 42.5. The first-order chi connectivity index (χ1) is 23.0. The van der Waals surface area contributed by atoms with Crippen LogP contribution >= 0.6 is 0 Å². The lowest BCUT2D eigenvalue weighted by molar-refractivity contribution is -0.138. The van der Waals surface area contributed by atoms with Crippen LogP contribution in [0.4, 0.5) is 0 Å². The molecule has 0 fully saturated rings. The number of hydrogen-bond donors (Lipinski definition) is 4. The van der Waals surface area contributed by atoms with Crippen molar-refractivity contribution in [2.24, 2.45) is 0 Å². The Bertz CT molecular complexity index is 594. The molecule has 0 heterocycles. The molecule has 0 aliphatic carbocycles. The minimum Gasteiger partial charge on any atom is -0.481 e. The third kappa shape index (κ3) is 60.2. The quantitative estimate of drug-likeness (QED) is 0.0396. The number of aliphatic hydroxyl groups excluding tert-OH is 2. The number of carboxylic acids is 2. The summed E-state index contributed by atoms with van der Waals surface area (Å²) in [6, 6.07) is 0. The lowest BCUT2D eigenvalue weighted by Gasteiger charge is -1.99. The second-order valence-electron chi connectivity index (χ2n) is 12.5. The summed E-state index contributed by atoms with van der Waals surface area (Å²) in [5.74, 6) is -1.33. The summed E-state index contributed by atoms with van der Waals surface area (Å²) >= 11 is 0. The number of carbonyl (C=O) groups is 2. The number of aliphatic carboxylic acids is 2. The summed E-state index contributed by atoms with van der Waals surface area (Å²) in [5.41, 5.74) is 0. The van der Waals surface area contributed by atoms with Gasteiger partial charge in [-0.05, 0) is 64.2 Å². The zero-order valence-corrected chi connectivity index (χ0v) is 31.0. The number of allylic oxidation sites excluding steroid dienone is 4. The van der Waals surface area contributed by atoms with E-state index in [1.807, 2.05) is 0 Å². The van der Waals surface area contributed by atoms with E-state index >= 15 is 0 Å². The topological polar surface area (TPSA) is 124 Å². The van der Waals surface area contributed by atoms with E-state index in [4.69, 9.17) is 20.4 Å². The van der Waals surface area contributed by atoms with E-state index in [0.717, 1.165) is 25.7 Å². The predicted molar refractivity (Wildman–Crippen MR) is 199 cm³/mol. The molecule has 0 aromatic rings. The van der Waals surface area contributed by atoms with Crippen molar-refractivity contribution in [3.8, 4) is 0 Å². The van der Waals surface area contributed by atoms with Crippen molar-refractivity contribution < 1.29 is 34.8 Å². The molecule has 0 aliphatic heterocycles. The van der Waals surface area contributed by atoms with Crippen LogP contribution in [0.15, 0.2) is 24.3 Å². The summed E-state index contributed by atoms with van der Waals surface area (Å²) in [4.78, 5) is 20.6. The Morgan fingerprint density at radius 2 is 0.681 bits per heavy atom. The Balaban J connectivity index is -0.000000685. The smallest absolute Gasteiger partial charge is 0.303 e. The third-order valence-electron chi connectivity index (χ3n) is 7.78. The molecule has 0 aromatic heterocycles. The van der Waals surface area contributed by atoms with Crippen molar-refractivity contribution in [1.29, 1.82) is 0 Å². The lowest BCUT2D eigenvalue weighted by atomic mass is 10.1. The van der Waals surface area contributed by atoms with Gasteiger partial charge < -0.3 is 25.2 Å². The molecule has 0 aliphatic rings. The van der Waals surface area contributed by atoms with Gasteiger partial charge in [-0.1, -0.05) is 141 Å². The lowest BCUT2D eigenvalue weighted by Crippen LogP contribution is -2.03. The Morgan fingerprint density at radius 1 is 0.426 bits per heavy atom. The standard InChI is InChI=1S/2C18H34O2.C4H10O3/c2*1-2-3-4-5-6-7-8-9-10-11-12-13-14-15-16-17-18(19)20;5-1-3-7-4-2-6/h2*9-10H,2-8,11-17H2,1H3,(H,19,20);5-6H,1-4H2/b2*10-9-;. The molecular formula is C40H78O7. The molecule has 0 rings (SSSR count). The molecule has 0 aromatic carbocycles. The van der Waals surface area contributed by atoms with E-state index in [-0.39, 0.29) is 13.2 Å². The molecule has 280 valence electrons. The van der Waals surface area contributed by atoms with Gasteiger partial charge in [0, 0.05) is 12.8 Å². The van der Waals surface area contributed by atoms with Gasteiger partial charge in [0.05, 0.1) is 26.4 Å². The Kier molecular flexibility index (Phi) is 51.5. The van der Waals surface area contributed by atoms with Gasteiger partial charge in [0.15, 0.2) is 0 Å². The van der Waals surface area contributed by atoms with Crippen LogP contribution in [0.1, 0.15) is 194 Å². The average Bonchev–Trinajstić information content (AvgIpc) is 3.05. The Labute approximate surface area is 290 Å². The normalized spacial score (nSPS) is 11.0. The van der Waals surface area contributed by atoms with Crippen molar-refractivity contribution in [2.75, 3.05) is 26.4 Å². The van der Waals surface area contributed by atoms with Gasteiger partial charge in [0.1, 0.15) is 0 Å². The summed E-state index contributed by atoms with van der Waals surface area (Å²) in [5, 5.41) is 33.2. The van der Waals surface area contributed by atoms with Crippen LogP contribution in [-0.4, -0.2) is 58.8 Å². The number of hydrogen-bond acceptors (Lipinski definition) is 5. The summed E-state index contributed by atoms with van der Waals surface area (Å²) in [6.45, 7) is 5.21. The number of unbranched alkanes of at least 4 members (excludes halogenated alkanes) is 22. The van der Waals surface area contributed by atoms with Gasteiger partial charge in [0.2, 0.25) is 0 Å². The number of carboxylic acid groups (broad SMARTS) is 2. The van der Waals surface area contributed by atoms with Gasteiger partial charge in [-0.25, -0.2) is 0 Å². The van der Waals surface area contributed by atoms with E-state index in [2.05, 4.69) is 42.9 Å². The molecule has 0 bridgehead atoms. The first-order valence-electron chi connectivity index (χ1n) is 19.5. The zero-order valence-electron chi connectivity index (χ0n) is 31.0. The van der Waals surface area contributed by atoms with Crippen LogP contribution < -0.4 is 0 Å². The van der Waals surface area contributed by atoms with Crippen molar-refractivity contribution in [1.82, 2.24) is 0 Å². The predicted octanol–water partition coefficient (Wildman–Crippen LogP) is 11.2. The molecular weight excluding hydrogens is 592 g/mol. The SMILES string of the molecule is CCCCCCCC/C=C\CCCCCCCC(=O)O.CCCCCCCC/C=C\CCCCCCCC(=O)O.OCCOCCO. The Hall–Kier alpha value is -1.70. The average molecular weight is 671 g/mol. The van der Waals surface area contributed by atoms with Crippen LogP contribution in [0.5, 0.6) is 0 Å². The first-order valence-corrected chi connectivity index (χ1v) is 19.5. The van der Waals surface area contributed by atoms with E-state index in [0.29, 0.717) is 26.1 Å². The van der Waals surface area contributed by atoms with Crippen LogP contribution in [-0.2, 0) is 14.3 Å². The highest BCUT2D eigenvalue weighted by atomic mass is 16.5. The van der Waals surface area contributed by atoms with Crippen molar-refractivity contribution in [2.45, 2.75) is 194 Å². The van der Waals surface area contributed by atoms with Gasteiger partial charge in [-0.15, -0.1) is 0 Å². The first kappa shape index (κ1) is 49.7. The van der Waals surface area contributed by atoms with Gasteiger partial charge in [-0.3, -0.25) is 9.59 Å². The molecule has 0 saturated carbocycles. The fraction of sp³-hybridized carbons (Fsp3) is 0.850. The Morgan fingerprint density at radius 3 is 0.936 bits per heavy atom. The third-order valence-corrected chi connectivity index (χ3v) is 7.78. The van der Waals surface area contributed by atoms with Crippen LogP contribution in [0, 0.1) is 0 Å². The van der Waals surface area contributed by atoms with Crippen molar-refractivity contribution in [3.05, 3.63) is 24.3 Å². The largest absolute Gasteiger partial charge is 0.481 e. The van der Waals surface area contributed by atoms with E-state index in [1.54, 1.807) is 0 Å². The molecule has 0 amide bonds. The molecule has 0 atom stereocenters. The summed E-state index contributed by atoms with van der Waals surface area (Å²) in [7, 11) is 0. The number of ether oxygens (including phenoxy) is 1. The van der Waals surface area contributed by atoms with E-state index in [1.165, 1.54) is 141 Å². The highest BCUT2D eigenvalue weighted by Gasteiger charge is 1.97. The van der Waals surface area contributed by atoms with Crippen LogP contribution in [0.25, 0.3) is 0 Å². The number of aliphatic hydroxyl groups is 2. The van der Waals surface area contributed by atoms with Crippen molar-refractivity contribution >= 4 is 11.9 Å². The highest BCUT2D eigenvalue weighted by Crippen LogP contribution is 2.11. The van der Waals surface area contributed by atoms with Crippen LogP contribution in [0.2, 0.25) is 0 Å². The van der Waals surface area contributed by atoms with E-state index < -0.39 is 11.9 Å². The maximum atomic E-state index is 10.3. The number of rotatable bonds is 34. The maximum absolute atomic E-state index is 10.3. The van der Waals surface area contributed by atoms with Gasteiger partial charge >= 0.3 is 11.9 Å².